The van der Waals surface area contributed by atoms with Crippen molar-refractivity contribution in [2.75, 3.05) is 14.2 Å². The Hall–Kier alpha value is -5.12. The minimum absolute atomic E-state index is 0.000797. The van der Waals surface area contributed by atoms with Gasteiger partial charge in [0.05, 0.1) is 14.2 Å². The zero-order chi connectivity index (χ0) is 30.7. The lowest BCUT2D eigenvalue weighted by Crippen LogP contribution is -2.37. The second-order valence-corrected chi connectivity index (χ2v) is 10.5. The Morgan fingerprint density at radius 1 is 0.548 bits per heavy atom. The lowest BCUT2D eigenvalue weighted by molar-refractivity contribution is -0.141. The number of esters is 4. The van der Waals surface area contributed by atoms with Crippen LogP contribution in [-0.2, 0) is 19.1 Å². The molecular formula is C32H30N2O8. The molecule has 0 aliphatic heterocycles. The summed E-state index contributed by atoms with van der Waals surface area (Å²) < 4.78 is 20.9. The summed E-state index contributed by atoms with van der Waals surface area (Å²) in [6.45, 7) is 5.82. The molecule has 0 saturated heterocycles. The molecule has 0 radical (unpaired) electrons. The fourth-order valence-electron chi connectivity index (χ4n) is 3.93. The topological polar surface area (TPSA) is 130 Å². The van der Waals surface area contributed by atoms with E-state index >= 15 is 0 Å². The van der Waals surface area contributed by atoms with Gasteiger partial charge in [0.25, 0.3) is 0 Å². The highest BCUT2D eigenvalue weighted by atomic mass is 16.6. The highest BCUT2D eigenvalue weighted by Gasteiger charge is 2.36. The summed E-state index contributed by atoms with van der Waals surface area (Å²) in [5.74, 6) is -2.99. The van der Waals surface area contributed by atoms with Gasteiger partial charge in [-0.25, -0.2) is 19.2 Å². The standard InChI is InChI=1S/C32H30N2O8/c1-31(2,29(37)41-25-17-21-13-9-7-11-19(21)15-23(25)27(35)39-5)33-34-32(3,4)30(38)42-26-18-22-14-10-8-12-20(22)16-24(26)28(36)40-6/h7-18H,1-6H3. The monoisotopic (exact) mass is 570 g/mol. The van der Waals surface area contributed by atoms with Crippen molar-refractivity contribution in [1.82, 2.24) is 0 Å². The molecular weight excluding hydrogens is 540 g/mol. The van der Waals surface area contributed by atoms with Gasteiger partial charge in [-0.2, -0.15) is 10.2 Å². The van der Waals surface area contributed by atoms with Crippen LogP contribution in [0.25, 0.3) is 21.5 Å². The Kier molecular flexibility index (Phi) is 8.37. The van der Waals surface area contributed by atoms with Gasteiger partial charge in [0.1, 0.15) is 22.6 Å². The molecule has 0 saturated carbocycles. The maximum atomic E-state index is 13.2. The maximum Gasteiger partial charge on any atom is 0.341 e. The van der Waals surface area contributed by atoms with Gasteiger partial charge >= 0.3 is 23.9 Å². The molecule has 0 spiro atoms. The molecule has 0 N–H and O–H groups in total. The molecule has 0 aliphatic carbocycles. The molecule has 0 aromatic heterocycles. The van der Waals surface area contributed by atoms with E-state index in [1.165, 1.54) is 41.9 Å². The molecule has 0 fully saturated rings. The molecule has 0 aliphatic rings. The first-order chi connectivity index (χ1) is 19.9. The van der Waals surface area contributed by atoms with E-state index in [0.29, 0.717) is 0 Å². The zero-order valence-electron chi connectivity index (χ0n) is 24.1. The van der Waals surface area contributed by atoms with E-state index in [4.69, 9.17) is 18.9 Å². The average molecular weight is 571 g/mol. The van der Waals surface area contributed by atoms with Gasteiger partial charge in [-0.3, -0.25) is 0 Å². The van der Waals surface area contributed by atoms with Crippen molar-refractivity contribution in [2.24, 2.45) is 10.2 Å². The van der Waals surface area contributed by atoms with Crippen molar-refractivity contribution < 1.29 is 38.1 Å². The number of hydrogen-bond acceptors (Lipinski definition) is 10. The van der Waals surface area contributed by atoms with Crippen LogP contribution < -0.4 is 9.47 Å². The van der Waals surface area contributed by atoms with E-state index < -0.39 is 35.0 Å². The van der Waals surface area contributed by atoms with Crippen molar-refractivity contribution in [1.29, 1.82) is 0 Å². The summed E-state index contributed by atoms with van der Waals surface area (Å²) in [7, 11) is 2.46. The largest absolute Gasteiger partial charge is 0.465 e. The van der Waals surface area contributed by atoms with Crippen LogP contribution in [0.5, 0.6) is 11.5 Å². The Balaban J connectivity index is 1.56. The second-order valence-electron chi connectivity index (χ2n) is 10.5. The number of hydrogen-bond donors (Lipinski definition) is 0. The van der Waals surface area contributed by atoms with Crippen molar-refractivity contribution in [3.63, 3.8) is 0 Å². The summed E-state index contributed by atoms with van der Waals surface area (Å²) in [4.78, 5) is 51.2. The molecule has 216 valence electrons. The van der Waals surface area contributed by atoms with E-state index in [-0.39, 0.29) is 22.6 Å². The van der Waals surface area contributed by atoms with E-state index in [1.807, 2.05) is 48.5 Å². The average Bonchev–Trinajstić information content (AvgIpc) is 2.98. The Labute approximate surface area is 242 Å². The van der Waals surface area contributed by atoms with Crippen LogP contribution in [0.2, 0.25) is 0 Å². The molecule has 10 heteroatoms. The number of ether oxygens (including phenoxy) is 4. The zero-order valence-corrected chi connectivity index (χ0v) is 24.1. The fourth-order valence-corrected chi connectivity index (χ4v) is 3.93. The number of nitrogens with zero attached hydrogens (tertiary/aromatic N) is 2. The van der Waals surface area contributed by atoms with Crippen molar-refractivity contribution >= 4 is 45.4 Å². The van der Waals surface area contributed by atoms with Crippen LogP contribution in [0.15, 0.2) is 83.0 Å². The van der Waals surface area contributed by atoms with Gasteiger partial charge in [-0.1, -0.05) is 48.5 Å². The predicted octanol–water partition coefficient (Wildman–Crippen LogP) is 6.09. The smallest absolute Gasteiger partial charge is 0.341 e. The van der Waals surface area contributed by atoms with Crippen LogP contribution in [0.3, 0.4) is 0 Å². The third kappa shape index (κ3) is 6.27. The minimum Gasteiger partial charge on any atom is -0.465 e. The molecule has 0 bridgehead atoms. The number of carbonyl (C=O) groups excluding carboxylic acids is 4. The normalized spacial score (nSPS) is 11.9. The van der Waals surface area contributed by atoms with Gasteiger partial charge in [0.15, 0.2) is 11.1 Å². The third-order valence-electron chi connectivity index (χ3n) is 6.46. The molecule has 0 unspecified atom stereocenters. The number of methoxy groups -OCH3 is 2. The predicted molar refractivity (Wildman–Crippen MR) is 155 cm³/mol. The van der Waals surface area contributed by atoms with Crippen molar-refractivity contribution in [3.8, 4) is 11.5 Å². The summed E-state index contributed by atoms with van der Waals surface area (Å²) in [5.41, 5.74) is -2.98. The molecule has 42 heavy (non-hydrogen) atoms. The first-order valence-corrected chi connectivity index (χ1v) is 13.0. The fraction of sp³-hybridized carbons (Fsp3) is 0.250. The van der Waals surface area contributed by atoms with E-state index in [1.54, 1.807) is 24.3 Å². The van der Waals surface area contributed by atoms with E-state index in [9.17, 15) is 19.2 Å². The third-order valence-corrected chi connectivity index (χ3v) is 6.46. The van der Waals surface area contributed by atoms with Gasteiger partial charge < -0.3 is 18.9 Å². The first kappa shape index (κ1) is 29.9. The molecule has 4 aromatic rings. The highest BCUT2D eigenvalue weighted by Crippen LogP contribution is 2.30. The number of azo groups is 1. The van der Waals surface area contributed by atoms with Crippen LogP contribution in [0, 0.1) is 0 Å². The first-order valence-electron chi connectivity index (χ1n) is 13.0. The Morgan fingerprint density at radius 3 is 1.17 bits per heavy atom. The molecule has 4 rings (SSSR count). The van der Waals surface area contributed by atoms with Gasteiger partial charge in [0, 0.05) is 0 Å². The molecule has 4 aromatic carbocycles. The summed E-state index contributed by atoms with van der Waals surface area (Å²) in [6.07, 6.45) is 0. The number of benzene rings is 4. The molecule has 10 nitrogen and oxygen atoms in total. The molecule has 0 amide bonds. The van der Waals surface area contributed by atoms with Crippen molar-refractivity contribution in [2.45, 2.75) is 38.8 Å². The quantitative estimate of drug-likeness (QED) is 0.141. The van der Waals surface area contributed by atoms with Crippen LogP contribution in [0.4, 0.5) is 0 Å². The molecule has 0 atom stereocenters. The highest BCUT2D eigenvalue weighted by molar-refractivity contribution is 6.01. The Bertz CT molecular complexity index is 1610. The Morgan fingerprint density at radius 2 is 0.857 bits per heavy atom. The minimum atomic E-state index is -1.56. The van der Waals surface area contributed by atoms with Crippen molar-refractivity contribution in [3.05, 3.63) is 83.9 Å². The lowest BCUT2D eigenvalue weighted by atomic mass is 10.0. The number of fused-ring (bicyclic) bond motifs is 2. The number of rotatable bonds is 8. The maximum absolute atomic E-state index is 13.2. The second kappa shape index (κ2) is 11.8. The van der Waals surface area contributed by atoms with Gasteiger partial charge in [0.2, 0.25) is 0 Å². The SMILES string of the molecule is COC(=O)c1cc2ccccc2cc1OC(=O)C(C)(C)N=NC(C)(C)C(=O)Oc1cc2ccccc2cc1C(=O)OC. The summed E-state index contributed by atoms with van der Waals surface area (Å²) >= 11 is 0. The summed E-state index contributed by atoms with van der Waals surface area (Å²) in [6, 6.07) is 20.8. The van der Waals surface area contributed by atoms with Crippen LogP contribution in [0.1, 0.15) is 48.4 Å². The van der Waals surface area contributed by atoms with E-state index in [0.717, 1.165) is 21.5 Å². The van der Waals surface area contributed by atoms with Crippen LogP contribution in [-0.4, -0.2) is 49.2 Å². The summed E-state index contributed by atoms with van der Waals surface area (Å²) in [5, 5.41) is 11.2. The number of carbonyl (C=O) groups is 4. The molecule has 0 heterocycles. The lowest BCUT2D eigenvalue weighted by Gasteiger charge is -2.22. The van der Waals surface area contributed by atoms with Gasteiger partial charge in [-0.15, -0.1) is 0 Å². The van der Waals surface area contributed by atoms with E-state index in [2.05, 4.69) is 10.2 Å². The van der Waals surface area contributed by atoms with Crippen LogP contribution >= 0.6 is 0 Å². The van der Waals surface area contributed by atoms with Gasteiger partial charge in [-0.05, 0) is 73.5 Å².